The first-order chi connectivity index (χ1) is 15.7. The largest absolute Gasteiger partial charge is 0.388 e. The summed E-state index contributed by atoms with van der Waals surface area (Å²) in [6.07, 6.45) is 1.86. The lowest BCUT2D eigenvalue weighted by atomic mass is 9.92. The van der Waals surface area contributed by atoms with Crippen LogP contribution in [-0.4, -0.2) is 45.8 Å². The molecule has 2 aliphatic rings. The Kier molecular flexibility index (Phi) is 5.72. The molecular formula is C25H37N5O3Si. The van der Waals surface area contributed by atoms with E-state index in [-0.39, 0.29) is 17.0 Å². The predicted octanol–water partition coefficient (Wildman–Crippen LogP) is 4.49. The summed E-state index contributed by atoms with van der Waals surface area (Å²) in [5, 5.41) is 24.1. The SMILES string of the molecule is CC(C)(O)[C@@H](NC(=O)N1Cc2c(NC(=O)C3([Si](C)(C)C)CC3)n[nH]c2C1(C)C)c1ccccc1. The molecule has 4 rings (SSSR count). The highest BCUT2D eigenvalue weighted by molar-refractivity contribution is 6.83. The summed E-state index contributed by atoms with van der Waals surface area (Å²) < 4.78 is 0. The van der Waals surface area contributed by atoms with Crippen molar-refractivity contribution in [3.05, 3.63) is 47.2 Å². The molecule has 1 fully saturated rings. The minimum absolute atomic E-state index is 0.0489. The second kappa shape index (κ2) is 7.95. The number of aromatic nitrogens is 2. The van der Waals surface area contributed by atoms with Crippen LogP contribution in [0.25, 0.3) is 0 Å². The van der Waals surface area contributed by atoms with Gasteiger partial charge in [0, 0.05) is 10.6 Å². The van der Waals surface area contributed by atoms with E-state index < -0.39 is 25.3 Å². The molecule has 184 valence electrons. The van der Waals surface area contributed by atoms with Crippen molar-refractivity contribution in [2.24, 2.45) is 0 Å². The minimum atomic E-state index is -1.67. The molecule has 1 aliphatic carbocycles. The third kappa shape index (κ3) is 4.05. The Morgan fingerprint density at radius 3 is 2.32 bits per heavy atom. The van der Waals surface area contributed by atoms with Crippen molar-refractivity contribution in [1.29, 1.82) is 0 Å². The second-order valence-corrected chi connectivity index (χ2v) is 17.3. The Morgan fingerprint density at radius 1 is 1.18 bits per heavy atom. The van der Waals surface area contributed by atoms with Crippen molar-refractivity contribution in [2.75, 3.05) is 5.32 Å². The van der Waals surface area contributed by atoms with Gasteiger partial charge in [0.05, 0.1) is 37.5 Å². The Morgan fingerprint density at radius 2 is 1.79 bits per heavy atom. The maximum absolute atomic E-state index is 13.5. The molecule has 0 spiro atoms. The number of hydrogen-bond donors (Lipinski definition) is 4. The number of H-pyrrole nitrogens is 1. The number of carbonyl (C=O) groups excluding carboxylic acids is 2. The summed E-state index contributed by atoms with van der Waals surface area (Å²) in [5.41, 5.74) is 0.654. The van der Waals surface area contributed by atoms with Gasteiger partial charge in [-0.2, -0.15) is 5.10 Å². The van der Waals surface area contributed by atoms with Gasteiger partial charge in [-0.05, 0) is 46.1 Å². The molecule has 0 radical (unpaired) electrons. The van der Waals surface area contributed by atoms with E-state index in [2.05, 4.69) is 40.5 Å². The first-order valence-corrected chi connectivity index (χ1v) is 15.4. The van der Waals surface area contributed by atoms with Crippen molar-refractivity contribution in [2.45, 2.75) is 88.9 Å². The third-order valence-electron chi connectivity index (χ3n) is 7.67. The van der Waals surface area contributed by atoms with Crippen molar-refractivity contribution < 1.29 is 14.7 Å². The van der Waals surface area contributed by atoms with Crippen LogP contribution in [0.15, 0.2) is 30.3 Å². The van der Waals surface area contributed by atoms with Crippen LogP contribution >= 0.6 is 0 Å². The minimum Gasteiger partial charge on any atom is -0.388 e. The molecule has 3 amide bonds. The van der Waals surface area contributed by atoms with Gasteiger partial charge in [-0.1, -0.05) is 50.0 Å². The monoisotopic (exact) mass is 483 g/mol. The topological polar surface area (TPSA) is 110 Å². The first kappa shape index (κ1) is 24.5. The zero-order valence-electron chi connectivity index (χ0n) is 21.2. The Bertz CT molecular complexity index is 1090. The molecule has 2 heterocycles. The van der Waals surface area contributed by atoms with E-state index in [9.17, 15) is 14.7 Å². The van der Waals surface area contributed by atoms with Crippen LogP contribution in [0.4, 0.5) is 10.6 Å². The number of amides is 3. The highest BCUT2D eigenvalue weighted by atomic mass is 28.3. The molecule has 4 N–H and O–H groups in total. The molecule has 9 heteroatoms. The Labute approximate surface area is 202 Å². The van der Waals surface area contributed by atoms with Crippen LogP contribution in [0.5, 0.6) is 0 Å². The number of urea groups is 1. The van der Waals surface area contributed by atoms with Crippen LogP contribution < -0.4 is 10.6 Å². The molecule has 2 aromatic rings. The molecular weight excluding hydrogens is 446 g/mol. The highest BCUT2D eigenvalue weighted by Gasteiger charge is 2.59. The molecule has 1 aromatic heterocycles. The van der Waals surface area contributed by atoms with Gasteiger partial charge in [0.2, 0.25) is 5.91 Å². The van der Waals surface area contributed by atoms with Crippen LogP contribution in [0.1, 0.15) is 63.4 Å². The maximum Gasteiger partial charge on any atom is 0.319 e. The number of nitrogens with one attached hydrogen (secondary N) is 3. The van der Waals surface area contributed by atoms with E-state index in [4.69, 9.17) is 0 Å². The Balaban J connectivity index is 1.55. The predicted molar refractivity (Wildman–Crippen MR) is 135 cm³/mol. The molecule has 0 saturated heterocycles. The lowest BCUT2D eigenvalue weighted by molar-refractivity contribution is -0.117. The van der Waals surface area contributed by atoms with Gasteiger partial charge in [-0.3, -0.25) is 9.89 Å². The van der Waals surface area contributed by atoms with Crippen molar-refractivity contribution >= 4 is 25.8 Å². The molecule has 1 atom stereocenters. The summed E-state index contributed by atoms with van der Waals surface area (Å²) in [6, 6.07) is 8.59. The maximum atomic E-state index is 13.5. The zero-order valence-corrected chi connectivity index (χ0v) is 22.2. The summed E-state index contributed by atoms with van der Waals surface area (Å²) in [6.45, 7) is 14.3. The smallest absolute Gasteiger partial charge is 0.319 e. The van der Waals surface area contributed by atoms with Gasteiger partial charge < -0.3 is 20.6 Å². The number of fused-ring (bicyclic) bond motifs is 1. The fourth-order valence-corrected chi connectivity index (χ4v) is 7.50. The molecule has 1 aliphatic heterocycles. The lowest BCUT2D eigenvalue weighted by Crippen LogP contribution is -2.51. The number of carbonyl (C=O) groups is 2. The highest BCUT2D eigenvalue weighted by Crippen LogP contribution is 2.61. The average Bonchev–Trinajstić information content (AvgIpc) is 3.40. The number of anilines is 1. The Hall–Kier alpha value is -2.65. The first-order valence-electron chi connectivity index (χ1n) is 11.9. The van der Waals surface area contributed by atoms with Gasteiger partial charge in [0.1, 0.15) is 0 Å². The number of aromatic amines is 1. The quantitative estimate of drug-likeness (QED) is 0.454. The fourth-order valence-electron chi connectivity index (χ4n) is 5.13. The van der Waals surface area contributed by atoms with Crippen molar-refractivity contribution in [3.8, 4) is 0 Å². The third-order valence-corrected chi connectivity index (χ3v) is 11.3. The van der Waals surface area contributed by atoms with Crippen LogP contribution in [0.2, 0.25) is 24.7 Å². The molecule has 0 bridgehead atoms. The zero-order chi connectivity index (χ0) is 25.1. The number of benzene rings is 1. The average molecular weight is 484 g/mol. The van der Waals surface area contributed by atoms with Gasteiger partial charge in [0.15, 0.2) is 5.82 Å². The lowest BCUT2D eigenvalue weighted by Gasteiger charge is -2.36. The molecule has 1 aromatic carbocycles. The van der Waals surface area contributed by atoms with Crippen LogP contribution in [0.3, 0.4) is 0 Å². The summed E-state index contributed by atoms with van der Waals surface area (Å²) in [4.78, 5) is 28.4. The van der Waals surface area contributed by atoms with E-state index in [0.29, 0.717) is 12.4 Å². The van der Waals surface area contributed by atoms with Crippen molar-refractivity contribution in [3.63, 3.8) is 0 Å². The molecule has 8 nitrogen and oxygen atoms in total. The number of nitrogens with zero attached hydrogens (tertiary/aromatic N) is 2. The standard InChI is InChI=1S/C25H37N5O3Si/c1-23(2)19-17(20(29-28-19)27-21(31)25(13-14-25)34(5,6)7)15-30(23)22(32)26-18(24(3,4)33)16-11-9-8-10-12-16/h8-12,18,33H,13-15H2,1-7H3,(H,26,32)(H2,27,28,29,31)/t18-/m0/s1. The molecule has 1 saturated carbocycles. The van der Waals surface area contributed by atoms with E-state index >= 15 is 0 Å². The number of hydrogen-bond acceptors (Lipinski definition) is 4. The second-order valence-electron chi connectivity index (χ2n) is 11.8. The fraction of sp³-hybridized carbons (Fsp3) is 0.560. The van der Waals surface area contributed by atoms with E-state index in [0.717, 1.165) is 29.7 Å². The van der Waals surface area contributed by atoms with Gasteiger partial charge in [-0.15, -0.1) is 0 Å². The van der Waals surface area contributed by atoms with Crippen LogP contribution in [0, 0.1) is 0 Å². The molecule has 0 unspecified atom stereocenters. The molecule has 34 heavy (non-hydrogen) atoms. The summed E-state index contributed by atoms with van der Waals surface area (Å²) in [5.74, 6) is 0.558. The summed E-state index contributed by atoms with van der Waals surface area (Å²) >= 11 is 0. The van der Waals surface area contributed by atoms with Crippen molar-refractivity contribution in [1.82, 2.24) is 20.4 Å². The number of rotatable bonds is 6. The van der Waals surface area contributed by atoms with E-state index in [1.165, 1.54) is 0 Å². The van der Waals surface area contributed by atoms with E-state index in [1.54, 1.807) is 18.7 Å². The normalized spacial score (nSPS) is 19.4. The van der Waals surface area contributed by atoms with Gasteiger partial charge >= 0.3 is 6.03 Å². The van der Waals surface area contributed by atoms with E-state index in [1.807, 2.05) is 44.2 Å². The van der Waals surface area contributed by atoms with Gasteiger partial charge in [-0.25, -0.2) is 4.79 Å². The van der Waals surface area contributed by atoms with Gasteiger partial charge in [0.25, 0.3) is 0 Å². The summed E-state index contributed by atoms with van der Waals surface area (Å²) in [7, 11) is -1.67. The number of aliphatic hydroxyl groups is 1. The van der Waals surface area contributed by atoms with Crippen LogP contribution in [-0.2, 0) is 16.9 Å².